The van der Waals surface area contributed by atoms with Gasteiger partial charge < -0.3 is 10.2 Å². The summed E-state index contributed by atoms with van der Waals surface area (Å²) < 4.78 is 23.6. The van der Waals surface area contributed by atoms with Gasteiger partial charge in [0.2, 0.25) is 5.91 Å². The maximum atomic E-state index is 13.3. The van der Waals surface area contributed by atoms with Gasteiger partial charge in [0.15, 0.2) is 9.84 Å². The fourth-order valence-corrected chi connectivity index (χ4v) is 5.99. The summed E-state index contributed by atoms with van der Waals surface area (Å²) in [5.41, 5.74) is -0.495. The molecule has 2 fully saturated rings. The summed E-state index contributed by atoms with van der Waals surface area (Å²) in [5, 5.41) is 2.80. The van der Waals surface area contributed by atoms with Crippen molar-refractivity contribution >= 4 is 27.7 Å². The van der Waals surface area contributed by atoms with Gasteiger partial charge in [-0.05, 0) is 25.3 Å². The van der Waals surface area contributed by atoms with Crippen molar-refractivity contribution in [2.45, 2.75) is 44.7 Å². The Hall–Kier alpha value is -2.42. The topological polar surface area (TPSA) is 104 Å². The molecule has 2 saturated heterocycles. The second-order valence-corrected chi connectivity index (χ2v) is 9.81. The molecule has 0 aliphatic carbocycles. The van der Waals surface area contributed by atoms with E-state index in [-0.39, 0.29) is 11.5 Å². The van der Waals surface area contributed by atoms with Crippen molar-refractivity contribution in [1.82, 2.24) is 15.1 Å². The number of nitrogens with zero attached hydrogens (tertiary/aromatic N) is 2. The summed E-state index contributed by atoms with van der Waals surface area (Å²) in [7, 11) is -3.15. The van der Waals surface area contributed by atoms with Gasteiger partial charge in [-0.2, -0.15) is 0 Å². The first-order valence-electron chi connectivity index (χ1n) is 9.93. The number of hydrogen-bond donors (Lipinski definition) is 1. The monoisotopic (exact) mass is 421 g/mol. The van der Waals surface area contributed by atoms with Gasteiger partial charge in [-0.3, -0.25) is 14.5 Å². The summed E-state index contributed by atoms with van der Waals surface area (Å²) in [6.45, 7) is 3.62. The van der Waals surface area contributed by atoms with E-state index in [4.69, 9.17) is 0 Å². The number of hydrogen-bond acceptors (Lipinski definition) is 5. The molecule has 1 aromatic carbocycles. The Bertz CT molecular complexity index is 902. The second kappa shape index (κ2) is 8.14. The number of carbonyl (C=O) groups excluding carboxylic acids is 3. The van der Waals surface area contributed by atoms with Crippen LogP contribution in [0.3, 0.4) is 0 Å². The number of nitrogens with one attached hydrogen (secondary N) is 1. The summed E-state index contributed by atoms with van der Waals surface area (Å²) in [5.74, 6) is -0.883. The number of rotatable bonds is 7. The second-order valence-electron chi connectivity index (χ2n) is 7.58. The van der Waals surface area contributed by atoms with E-state index in [0.717, 1.165) is 4.90 Å². The van der Waals surface area contributed by atoms with Gasteiger partial charge in [0.05, 0.1) is 11.5 Å². The van der Waals surface area contributed by atoms with Crippen molar-refractivity contribution < 1.29 is 22.8 Å². The molecule has 4 amide bonds. The normalized spacial score (nSPS) is 25.9. The Morgan fingerprint density at radius 2 is 1.93 bits per heavy atom. The van der Waals surface area contributed by atoms with Crippen LogP contribution in [0.1, 0.15) is 38.7 Å². The van der Waals surface area contributed by atoms with Crippen molar-refractivity contribution in [3.8, 4) is 0 Å². The van der Waals surface area contributed by atoms with Crippen LogP contribution in [0.2, 0.25) is 0 Å². The zero-order chi connectivity index (χ0) is 21.2. The van der Waals surface area contributed by atoms with E-state index in [9.17, 15) is 22.8 Å². The average molecular weight is 422 g/mol. The molecule has 2 atom stereocenters. The molecular weight excluding hydrogens is 394 g/mol. The highest BCUT2D eigenvalue weighted by molar-refractivity contribution is 7.91. The third-order valence-electron chi connectivity index (χ3n) is 5.67. The lowest BCUT2D eigenvalue weighted by atomic mass is 9.85. The molecule has 0 spiro atoms. The number of urea groups is 1. The van der Waals surface area contributed by atoms with E-state index in [2.05, 4.69) is 5.32 Å². The lowest BCUT2D eigenvalue weighted by molar-refractivity contribution is -0.140. The van der Waals surface area contributed by atoms with Crippen molar-refractivity contribution in [1.29, 1.82) is 0 Å². The van der Waals surface area contributed by atoms with Crippen molar-refractivity contribution in [3.63, 3.8) is 0 Å². The Morgan fingerprint density at radius 1 is 1.24 bits per heavy atom. The van der Waals surface area contributed by atoms with Gasteiger partial charge in [-0.15, -0.1) is 0 Å². The molecule has 0 unspecified atom stereocenters. The summed E-state index contributed by atoms with van der Waals surface area (Å²) in [4.78, 5) is 41.2. The third kappa shape index (κ3) is 4.01. The maximum Gasteiger partial charge on any atom is 0.325 e. The van der Waals surface area contributed by atoms with Gasteiger partial charge in [0.25, 0.3) is 5.91 Å². The maximum absolute atomic E-state index is 13.3. The Balaban J connectivity index is 1.81. The highest BCUT2D eigenvalue weighted by atomic mass is 32.2. The van der Waals surface area contributed by atoms with Gasteiger partial charge in [-0.1, -0.05) is 43.7 Å². The van der Waals surface area contributed by atoms with Gasteiger partial charge >= 0.3 is 6.03 Å². The van der Waals surface area contributed by atoms with E-state index < -0.39 is 45.8 Å². The fraction of sp³-hybridized carbons (Fsp3) is 0.550. The van der Waals surface area contributed by atoms with E-state index in [1.165, 1.54) is 4.90 Å². The standard InChI is InChI=1S/C20H27N3O5S/c1-3-11-20(15-8-6-5-7-9-15)18(25)23(19(26)21-20)13-17(24)22(4-2)16-10-12-29(27,28)14-16/h5-9,16H,3-4,10-14H2,1-2H3,(H,21,26)/t16-,20+/m1/s1. The van der Waals surface area contributed by atoms with Crippen LogP contribution in [0, 0.1) is 0 Å². The molecule has 8 nitrogen and oxygen atoms in total. The molecule has 3 rings (SSSR count). The van der Waals surface area contributed by atoms with Crippen molar-refractivity contribution in [3.05, 3.63) is 35.9 Å². The minimum atomic E-state index is -3.15. The smallest absolute Gasteiger partial charge is 0.325 e. The van der Waals surface area contributed by atoms with E-state index in [0.29, 0.717) is 31.4 Å². The molecule has 2 aliphatic rings. The Morgan fingerprint density at radius 3 is 2.48 bits per heavy atom. The molecule has 0 bridgehead atoms. The molecular formula is C20H27N3O5S. The summed E-state index contributed by atoms with van der Waals surface area (Å²) in [6, 6.07) is 8.02. The molecule has 2 aliphatic heterocycles. The lowest BCUT2D eigenvalue weighted by Gasteiger charge is -2.29. The number of carbonyl (C=O) groups is 3. The van der Waals surface area contributed by atoms with Crippen LogP contribution in [0.15, 0.2) is 30.3 Å². The highest BCUT2D eigenvalue weighted by Gasteiger charge is 2.52. The minimum Gasteiger partial charge on any atom is -0.337 e. The third-order valence-corrected chi connectivity index (χ3v) is 7.42. The molecule has 1 N–H and O–H groups in total. The first kappa shape index (κ1) is 21.3. The number of likely N-dealkylation sites (N-methyl/N-ethyl adjacent to an activating group) is 1. The Labute approximate surface area is 171 Å². The van der Waals surface area contributed by atoms with Crippen molar-refractivity contribution in [2.24, 2.45) is 0 Å². The summed E-state index contributed by atoms with van der Waals surface area (Å²) in [6.07, 6.45) is 1.47. The zero-order valence-electron chi connectivity index (χ0n) is 16.8. The van der Waals surface area contributed by atoms with Crippen LogP contribution in [0.5, 0.6) is 0 Å². The first-order chi connectivity index (χ1) is 13.7. The molecule has 0 saturated carbocycles. The molecule has 158 valence electrons. The molecule has 2 heterocycles. The quantitative estimate of drug-likeness (QED) is 0.668. The van der Waals surface area contributed by atoms with Crippen LogP contribution in [-0.2, 0) is 25.0 Å². The van der Waals surface area contributed by atoms with E-state index in [1.54, 1.807) is 31.2 Å². The van der Waals surface area contributed by atoms with E-state index in [1.807, 2.05) is 13.0 Å². The van der Waals surface area contributed by atoms with Gasteiger partial charge in [0, 0.05) is 12.6 Å². The van der Waals surface area contributed by atoms with E-state index >= 15 is 0 Å². The van der Waals surface area contributed by atoms with Crippen LogP contribution in [0.4, 0.5) is 4.79 Å². The largest absolute Gasteiger partial charge is 0.337 e. The zero-order valence-corrected chi connectivity index (χ0v) is 17.6. The van der Waals surface area contributed by atoms with Crippen molar-refractivity contribution in [2.75, 3.05) is 24.6 Å². The fourth-order valence-electron chi connectivity index (χ4n) is 4.26. The van der Waals surface area contributed by atoms with Crippen LogP contribution in [-0.4, -0.2) is 66.7 Å². The molecule has 0 radical (unpaired) electrons. The lowest BCUT2D eigenvalue weighted by Crippen LogP contribution is -2.48. The molecule has 1 aromatic rings. The minimum absolute atomic E-state index is 0.0538. The number of amides is 4. The van der Waals surface area contributed by atoms with Crippen LogP contribution >= 0.6 is 0 Å². The average Bonchev–Trinajstić information content (AvgIpc) is 3.16. The first-order valence-corrected chi connectivity index (χ1v) is 11.8. The Kier molecular flexibility index (Phi) is 5.97. The summed E-state index contributed by atoms with van der Waals surface area (Å²) >= 11 is 0. The van der Waals surface area contributed by atoms with Crippen LogP contribution in [0.25, 0.3) is 0 Å². The molecule has 29 heavy (non-hydrogen) atoms. The van der Waals surface area contributed by atoms with Crippen LogP contribution < -0.4 is 5.32 Å². The highest BCUT2D eigenvalue weighted by Crippen LogP contribution is 2.33. The predicted octanol–water partition coefficient (Wildman–Crippen LogP) is 1.27. The van der Waals surface area contributed by atoms with Gasteiger partial charge in [0.1, 0.15) is 12.1 Å². The molecule has 0 aromatic heterocycles. The van der Waals surface area contributed by atoms with Gasteiger partial charge in [-0.25, -0.2) is 13.2 Å². The number of imide groups is 1. The molecule has 9 heteroatoms. The number of benzene rings is 1. The SMILES string of the molecule is CCC[C@@]1(c2ccccc2)NC(=O)N(CC(=O)N(CC)[C@@H]2CCS(=O)(=O)C2)C1=O. The predicted molar refractivity (Wildman–Crippen MR) is 108 cm³/mol. The number of sulfone groups is 1.